The van der Waals surface area contributed by atoms with E-state index >= 15 is 0 Å². The molecule has 0 aromatic carbocycles. The molecule has 0 aliphatic rings. The van der Waals surface area contributed by atoms with Gasteiger partial charge in [-0.25, -0.2) is 9.48 Å². The van der Waals surface area contributed by atoms with Crippen molar-refractivity contribution >= 4 is 17.0 Å². The molecule has 2 rings (SSSR count). The zero-order valence-corrected chi connectivity index (χ0v) is 7.31. The first-order chi connectivity index (χ1) is 6.59. The number of aromatic amines is 1. The Bertz CT molecular complexity index is 567. The van der Waals surface area contributed by atoms with E-state index < -0.39 is 5.97 Å². The number of aryl methyl sites for hydroxylation is 1. The average molecular weight is 193 g/mol. The summed E-state index contributed by atoms with van der Waals surface area (Å²) in [5, 5.41) is 13.0. The maximum Gasteiger partial charge on any atom is 0.337 e. The Morgan fingerprint density at radius 1 is 1.64 bits per heavy atom. The number of aromatic nitrogens is 3. The van der Waals surface area contributed by atoms with Crippen LogP contribution in [0.5, 0.6) is 0 Å². The first-order valence-electron chi connectivity index (χ1n) is 3.88. The summed E-state index contributed by atoms with van der Waals surface area (Å²) in [4.78, 5) is 24.6. The van der Waals surface area contributed by atoms with Crippen molar-refractivity contribution in [2.75, 3.05) is 0 Å². The molecule has 6 nitrogen and oxygen atoms in total. The summed E-state index contributed by atoms with van der Waals surface area (Å²) in [6.45, 7) is 0. The molecule has 2 heterocycles. The van der Waals surface area contributed by atoms with Crippen molar-refractivity contribution in [2.45, 2.75) is 0 Å². The zero-order valence-electron chi connectivity index (χ0n) is 7.31. The number of fused-ring (bicyclic) bond motifs is 1. The van der Waals surface area contributed by atoms with Crippen molar-refractivity contribution in [3.8, 4) is 0 Å². The van der Waals surface area contributed by atoms with Crippen LogP contribution in [-0.2, 0) is 7.05 Å². The Morgan fingerprint density at radius 2 is 2.36 bits per heavy atom. The van der Waals surface area contributed by atoms with E-state index in [2.05, 4.69) is 10.1 Å². The van der Waals surface area contributed by atoms with Gasteiger partial charge in [0.05, 0.1) is 5.56 Å². The van der Waals surface area contributed by atoms with Crippen LogP contribution >= 0.6 is 0 Å². The number of rotatable bonds is 1. The molecule has 0 aliphatic heterocycles. The number of H-pyrrole nitrogens is 1. The van der Waals surface area contributed by atoms with Crippen LogP contribution in [0.2, 0.25) is 0 Å². The Labute approximate surface area is 77.8 Å². The van der Waals surface area contributed by atoms with E-state index in [1.807, 2.05) is 0 Å². The quantitative estimate of drug-likeness (QED) is 0.665. The van der Waals surface area contributed by atoms with Crippen LogP contribution in [-0.4, -0.2) is 25.8 Å². The van der Waals surface area contributed by atoms with Crippen LogP contribution in [0.1, 0.15) is 10.4 Å². The van der Waals surface area contributed by atoms with Gasteiger partial charge in [0, 0.05) is 24.7 Å². The number of hydrogen-bond donors (Lipinski definition) is 2. The van der Waals surface area contributed by atoms with E-state index in [1.165, 1.54) is 19.3 Å². The smallest absolute Gasteiger partial charge is 0.337 e. The highest BCUT2D eigenvalue weighted by molar-refractivity contribution is 6.01. The molecular weight excluding hydrogens is 186 g/mol. The molecule has 2 aromatic heterocycles. The number of nitrogens with one attached hydrogen (secondary N) is 1. The summed E-state index contributed by atoms with van der Waals surface area (Å²) in [5.41, 5.74) is 0.120. The van der Waals surface area contributed by atoms with Gasteiger partial charge in [0.1, 0.15) is 0 Å². The number of hydrogen-bond acceptors (Lipinski definition) is 3. The number of carboxylic acid groups (broad SMARTS) is 1. The average Bonchev–Trinajstić information content (AvgIpc) is 2.48. The van der Waals surface area contributed by atoms with E-state index in [9.17, 15) is 9.59 Å². The minimum atomic E-state index is -1.08. The summed E-state index contributed by atoms with van der Waals surface area (Å²) < 4.78 is 1.14. The summed E-state index contributed by atoms with van der Waals surface area (Å²) in [6, 6.07) is 1.25. The standard InChI is InChI=1S/C8H7N3O3/c1-11-6(12)2-4-5(8(13)14)3-9-7(4)10-11/h2-3H,1H3,(H,9,10)(H,13,14). The Balaban J connectivity index is 2.87. The van der Waals surface area contributed by atoms with Crippen molar-refractivity contribution < 1.29 is 9.90 Å². The Morgan fingerprint density at radius 3 is 3.00 bits per heavy atom. The van der Waals surface area contributed by atoms with E-state index in [0.717, 1.165) is 4.68 Å². The molecule has 0 unspecified atom stereocenters. The molecule has 0 spiro atoms. The number of carboxylic acids is 1. The maximum atomic E-state index is 11.2. The highest BCUT2D eigenvalue weighted by Gasteiger charge is 2.12. The summed E-state index contributed by atoms with van der Waals surface area (Å²) >= 11 is 0. The molecule has 72 valence electrons. The highest BCUT2D eigenvalue weighted by atomic mass is 16.4. The van der Waals surface area contributed by atoms with Gasteiger partial charge < -0.3 is 10.1 Å². The van der Waals surface area contributed by atoms with Gasteiger partial charge in [-0.15, -0.1) is 0 Å². The molecule has 0 saturated heterocycles. The van der Waals surface area contributed by atoms with Crippen molar-refractivity contribution in [3.63, 3.8) is 0 Å². The van der Waals surface area contributed by atoms with E-state index in [1.54, 1.807) is 0 Å². The lowest BCUT2D eigenvalue weighted by molar-refractivity contribution is 0.0699. The fourth-order valence-electron chi connectivity index (χ4n) is 1.25. The van der Waals surface area contributed by atoms with Gasteiger partial charge in [0.2, 0.25) is 0 Å². The third-order valence-corrected chi connectivity index (χ3v) is 1.97. The molecule has 2 aromatic rings. The largest absolute Gasteiger partial charge is 0.478 e. The van der Waals surface area contributed by atoms with Gasteiger partial charge in [-0.3, -0.25) is 4.79 Å². The summed E-state index contributed by atoms with van der Waals surface area (Å²) in [5.74, 6) is -1.08. The van der Waals surface area contributed by atoms with Crippen LogP contribution < -0.4 is 5.56 Å². The third-order valence-electron chi connectivity index (χ3n) is 1.97. The van der Waals surface area contributed by atoms with Crippen molar-refractivity contribution in [1.29, 1.82) is 0 Å². The van der Waals surface area contributed by atoms with E-state index in [4.69, 9.17) is 5.11 Å². The third kappa shape index (κ3) is 1.08. The Hall–Kier alpha value is -2.11. The predicted molar refractivity (Wildman–Crippen MR) is 48.3 cm³/mol. The zero-order chi connectivity index (χ0) is 10.3. The second kappa shape index (κ2) is 2.69. The minimum Gasteiger partial charge on any atom is -0.478 e. The van der Waals surface area contributed by atoms with Gasteiger partial charge in [-0.05, 0) is 0 Å². The second-order valence-electron chi connectivity index (χ2n) is 2.88. The van der Waals surface area contributed by atoms with Gasteiger partial charge >= 0.3 is 5.97 Å². The predicted octanol–water partition coefficient (Wildman–Crippen LogP) is -0.0402. The van der Waals surface area contributed by atoms with Crippen LogP contribution in [0.4, 0.5) is 0 Å². The van der Waals surface area contributed by atoms with E-state index in [0.29, 0.717) is 11.0 Å². The second-order valence-corrected chi connectivity index (χ2v) is 2.88. The molecule has 14 heavy (non-hydrogen) atoms. The summed E-state index contributed by atoms with van der Waals surface area (Å²) in [6.07, 6.45) is 1.32. The van der Waals surface area contributed by atoms with Crippen LogP contribution in [0, 0.1) is 0 Å². The van der Waals surface area contributed by atoms with E-state index in [-0.39, 0.29) is 11.1 Å². The monoisotopic (exact) mass is 193 g/mol. The van der Waals surface area contributed by atoms with Gasteiger partial charge in [-0.2, -0.15) is 5.10 Å². The molecule has 0 bridgehead atoms. The Kier molecular flexibility index (Phi) is 1.63. The number of carbonyl (C=O) groups is 1. The molecule has 0 fully saturated rings. The first-order valence-corrected chi connectivity index (χ1v) is 3.88. The van der Waals surface area contributed by atoms with Crippen LogP contribution in [0.3, 0.4) is 0 Å². The van der Waals surface area contributed by atoms with Crippen LogP contribution in [0.25, 0.3) is 11.0 Å². The van der Waals surface area contributed by atoms with Crippen molar-refractivity contribution in [3.05, 3.63) is 28.2 Å². The van der Waals surface area contributed by atoms with Gasteiger partial charge in [0.15, 0.2) is 5.65 Å². The molecule has 0 aliphatic carbocycles. The fourth-order valence-corrected chi connectivity index (χ4v) is 1.25. The first kappa shape index (κ1) is 8.49. The van der Waals surface area contributed by atoms with Gasteiger partial charge in [-0.1, -0.05) is 0 Å². The lowest BCUT2D eigenvalue weighted by atomic mass is 10.2. The summed E-state index contributed by atoms with van der Waals surface area (Å²) in [7, 11) is 1.50. The molecule has 6 heteroatoms. The number of aromatic carboxylic acids is 1. The van der Waals surface area contributed by atoms with Gasteiger partial charge in [0.25, 0.3) is 5.56 Å². The lowest BCUT2D eigenvalue weighted by Crippen LogP contribution is -2.18. The lowest BCUT2D eigenvalue weighted by Gasteiger charge is -1.95. The van der Waals surface area contributed by atoms with Crippen molar-refractivity contribution in [2.24, 2.45) is 7.05 Å². The molecule has 0 radical (unpaired) electrons. The minimum absolute atomic E-state index is 0.0604. The molecular formula is C8H7N3O3. The van der Waals surface area contributed by atoms with Crippen molar-refractivity contribution in [1.82, 2.24) is 14.8 Å². The molecule has 0 atom stereocenters. The van der Waals surface area contributed by atoms with Crippen LogP contribution in [0.15, 0.2) is 17.1 Å². The highest BCUT2D eigenvalue weighted by Crippen LogP contribution is 2.13. The maximum absolute atomic E-state index is 11.2. The topological polar surface area (TPSA) is 88.0 Å². The SMILES string of the molecule is Cn1nc2[nH]cc(C(=O)O)c2cc1=O. The molecule has 0 amide bonds. The number of nitrogens with zero attached hydrogens (tertiary/aromatic N) is 2. The normalized spacial score (nSPS) is 10.6. The molecule has 0 saturated carbocycles. The fraction of sp³-hybridized carbons (Fsp3) is 0.125. The molecule has 2 N–H and O–H groups in total.